The van der Waals surface area contributed by atoms with Gasteiger partial charge in [-0.25, -0.2) is 14.4 Å². The molecule has 1 aliphatic rings. The molecule has 144 valence electrons. The molecule has 0 radical (unpaired) electrons. The van der Waals surface area contributed by atoms with Crippen molar-refractivity contribution in [3.8, 4) is 6.01 Å². The van der Waals surface area contributed by atoms with Crippen LogP contribution in [0.1, 0.15) is 36.1 Å². The van der Waals surface area contributed by atoms with Gasteiger partial charge in [-0.1, -0.05) is 18.2 Å². The molecule has 1 aromatic carbocycles. The lowest BCUT2D eigenvalue weighted by Gasteiger charge is -2.21. The number of nitrogens with one attached hydrogen (secondary N) is 1. The number of alkyl halides is 3. The second kappa shape index (κ2) is 7.47. The summed E-state index contributed by atoms with van der Waals surface area (Å²) >= 11 is 0. The Balaban J connectivity index is 1.76. The summed E-state index contributed by atoms with van der Waals surface area (Å²) in [6.07, 6.45) is -3.63. The van der Waals surface area contributed by atoms with Crippen LogP contribution in [-0.4, -0.2) is 28.1 Å². The van der Waals surface area contributed by atoms with Gasteiger partial charge in [-0.3, -0.25) is 10.1 Å². The van der Waals surface area contributed by atoms with Crippen LogP contribution in [0.25, 0.3) is 0 Å². The molecule has 2 heterocycles. The van der Waals surface area contributed by atoms with Gasteiger partial charge in [-0.05, 0) is 18.9 Å². The lowest BCUT2D eigenvalue weighted by atomic mass is 10.1. The monoisotopic (exact) mass is 384 g/mol. The van der Waals surface area contributed by atoms with Gasteiger partial charge in [-0.2, -0.15) is 13.2 Å². The fraction of sp³-hybridized carbons (Fsp3) is 0.353. The highest BCUT2D eigenvalue weighted by Gasteiger charge is 2.45. The molecule has 1 amide bonds. The van der Waals surface area contributed by atoms with Crippen LogP contribution >= 0.6 is 0 Å². The molecule has 6 nitrogen and oxygen atoms in total. The molecule has 0 saturated carbocycles. The van der Waals surface area contributed by atoms with Crippen LogP contribution in [0.15, 0.2) is 36.7 Å². The molecule has 1 aliphatic heterocycles. The van der Waals surface area contributed by atoms with Gasteiger partial charge in [0.1, 0.15) is 5.82 Å². The fourth-order valence-corrected chi connectivity index (χ4v) is 2.90. The molecular formula is C17H16F4N4O2. The number of ether oxygens (including phenoxy) is 1. The maximum atomic E-state index is 13.8. The Bertz CT molecular complexity index is 813. The van der Waals surface area contributed by atoms with Gasteiger partial charge in [-0.15, -0.1) is 0 Å². The molecule has 1 fully saturated rings. The Labute approximate surface area is 151 Å². The predicted molar refractivity (Wildman–Crippen MR) is 85.9 cm³/mol. The van der Waals surface area contributed by atoms with Crippen LogP contribution < -0.4 is 15.8 Å². The number of hydrogen-bond acceptors (Lipinski definition) is 5. The first-order chi connectivity index (χ1) is 12.8. The molecule has 27 heavy (non-hydrogen) atoms. The van der Waals surface area contributed by atoms with E-state index in [9.17, 15) is 22.4 Å². The van der Waals surface area contributed by atoms with Crippen molar-refractivity contribution in [2.24, 2.45) is 5.73 Å². The summed E-state index contributed by atoms with van der Waals surface area (Å²) in [5, 5.41) is 3.00. The molecular weight excluding hydrogens is 368 g/mol. The molecule has 0 bridgehead atoms. The van der Waals surface area contributed by atoms with Crippen LogP contribution in [0.2, 0.25) is 0 Å². The number of nitrogens with two attached hydrogens (primary N) is 1. The van der Waals surface area contributed by atoms with Gasteiger partial charge in [0.2, 0.25) is 12.0 Å². The number of nitrogens with zero attached hydrogens (tertiary/aromatic N) is 2. The summed E-state index contributed by atoms with van der Waals surface area (Å²) in [7, 11) is 0. The summed E-state index contributed by atoms with van der Waals surface area (Å²) in [6.45, 7) is 0. The molecule has 10 heteroatoms. The predicted octanol–water partition coefficient (Wildman–Crippen LogP) is 2.58. The highest BCUT2D eigenvalue weighted by Crippen LogP contribution is 2.37. The Morgan fingerprint density at radius 1 is 1.22 bits per heavy atom. The number of amides is 1. The van der Waals surface area contributed by atoms with Gasteiger partial charge in [0.25, 0.3) is 0 Å². The highest BCUT2D eigenvalue weighted by molar-refractivity contribution is 5.80. The number of halogens is 4. The van der Waals surface area contributed by atoms with Gasteiger partial charge in [0, 0.05) is 29.6 Å². The molecule has 3 atom stereocenters. The van der Waals surface area contributed by atoms with Crippen molar-refractivity contribution in [2.45, 2.75) is 37.2 Å². The van der Waals surface area contributed by atoms with Crippen molar-refractivity contribution in [3.63, 3.8) is 0 Å². The van der Waals surface area contributed by atoms with E-state index in [1.165, 1.54) is 24.5 Å². The quantitative estimate of drug-likeness (QED) is 0.774. The summed E-state index contributed by atoms with van der Waals surface area (Å²) in [4.78, 5) is 18.8. The summed E-state index contributed by atoms with van der Waals surface area (Å²) < 4.78 is 58.6. The number of rotatable bonds is 5. The van der Waals surface area contributed by atoms with E-state index in [4.69, 9.17) is 10.5 Å². The maximum Gasteiger partial charge on any atom is 0.429 e. The van der Waals surface area contributed by atoms with Gasteiger partial charge < -0.3 is 10.5 Å². The van der Waals surface area contributed by atoms with Crippen molar-refractivity contribution in [2.75, 3.05) is 0 Å². The van der Waals surface area contributed by atoms with E-state index in [2.05, 4.69) is 15.3 Å². The zero-order valence-electron chi connectivity index (χ0n) is 13.9. The van der Waals surface area contributed by atoms with E-state index in [0.29, 0.717) is 18.4 Å². The number of carbonyl (C=O) groups is 1. The van der Waals surface area contributed by atoms with Crippen molar-refractivity contribution in [1.82, 2.24) is 15.3 Å². The van der Waals surface area contributed by atoms with E-state index in [1.807, 2.05) is 0 Å². The highest BCUT2D eigenvalue weighted by atomic mass is 19.4. The first-order valence-electron chi connectivity index (χ1n) is 8.11. The zero-order valence-corrected chi connectivity index (χ0v) is 13.9. The average molecular weight is 384 g/mol. The molecule has 0 aliphatic carbocycles. The van der Waals surface area contributed by atoms with Crippen molar-refractivity contribution in [3.05, 3.63) is 53.6 Å². The van der Waals surface area contributed by atoms with Crippen LogP contribution in [0.5, 0.6) is 6.01 Å². The lowest BCUT2D eigenvalue weighted by Crippen LogP contribution is -2.37. The van der Waals surface area contributed by atoms with Crippen molar-refractivity contribution < 1.29 is 27.1 Å². The number of aromatic nitrogens is 2. The smallest absolute Gasteiger partial charge is 0.429 e. The first-order valence-corrected chi connectivity index (χ1v) is 8.11. The molecule has 2 aromatic rings. The summed E-state index contributed by atoms with van der Waals surface area (Å²) in [6, 6.07) is 3.24. The third-order valence-electron chi connectivity index (χ3n) is 4.25. The first kappa shape index (κ1) is 19.0. The zero-order chi connectivity index (χ0) is 19.6. The molecule has 3 unspecified atom stereocenters. The van der Waals surface area contributed by atoms with Crippen molar-refractivity contribution >= 4 is 5.91 Å². The van der Waals surface area contributed by atoms with E-state index in [0.717, 1.165) is 12.1 Å². The van der Waals surface area contributed by atoms with E-state index >= 15 is 0 Å². The molecule has 1 saturated heterocycles. The Hall–Kier alpha value is -2.75. The van der Waals surface area contributed by atoms with Crippen molar-refractivity contribution in [1.29, 1.82) is 0 Å². The minimum atomic E-state index is -4.86. The third kappa shape index (κ3) is 4.33. The third-order valence-corrected chi connectivity index (χ3v) is 4.25. The topological polar surface area (TPSA) is 90.1 Å². The number of hydrogen-bond donors (Lipinski definition) is 2. The van der Waals surface area contributed by atoms with Crippen LogP contribution in [-0.2, 0) is 4.79 Å². The fourth-order valence-electron chi connectivity index (χ4n) is 2.90. The Kier molecular flexibility index (Phi) is 5.26. The molecule has 1 aromatic heterocycles. The molecule has 0 spiro atoms. The number of carbonyl (C=O) groups excluding carboxylic acids is 1. The normalized spacial score (nSPS) is 21.0. The Morgan fingerprint density at radius 2 is 1.89 bits per heavy atom. The summed E-state index contributed by atoms with van der Waals surface area (Å²) in [5.74, 6) is -1.51. The van der Waals surface area contributed by atoms with Crippen LogP contribution in [0.3, 0.4) is 0 Å². The van der Waals surface area contributed by atoms with E-state index < -0.39 is 41.6 Å². The largest absolute Gasteiger partial charge is 0.445 e. The average Bonchev–Trinajstić information content (AvgIpc) is 3.10. The number of primary amides is 1. The summed E-state index contributed by atoms with van der Waals surface area (Å²) in [5.41, 5.74) is 5.17. The van der Waals surface area contributed by atoms with Crippen LogP contribution in [0.4, 0.5) is 17.6 Å². The van der Waals surface area contributed by atoms with E-state index in [1.54, 1.807) is 0 Å². The van der Waals surface area contributed by atoms with Gasteiger partial charge in [0.05, 0.1) is 6.04 Å². The Morgan fingerprint density at radius 3 is 2.44 bits per heavy atom. The minimum absolute atomic E-state index is 0.235. The maximum absolute atomic E-state index is 13.8. The number of benzene rings is 1. The van der Waals surface area contributed by atoms with Gasteiger partial charge in [0.15, 0.2) is 0 Å². The van der Waals surface area contributed by atoms with E-state index in [-0.39, 0.29) is 6.04 Å². The second-order valence-corrected chi connectivity index (χ2v) is 6.11. The minimum Gasteiger partial charge on any atom is -0.445 e. The molecule has 3 rings (SSSR count). The standard InChI is InChI=1S/C17H16F4N4O2/c18-11-4-2-1-3-10(11)14(17(19,20)21)27-16-23-7-9(8-24-16)12-5-6-13(25-12)15(22)26/h1-4,7-8,12-14,25H,5-6H2,(H2,22,26). The van der Waals surface area contributed by atoms with Gasteiger partial charge >= 0.3 is 12.2 Å². The second-order valence-electron chi connectivity index (χ2n) is 6.11. The SMILES string of the molecule is NC(=O)C1CCC(c2cnc(OC(c3ccccc3F)C(F)(F)F)nc2)N1. The molecule has 3 N–H and O–H groups in total. The van der Waals surface area contributed by atoms with Crippen LogP contribution in [0, 0.1) is 5.82 Å². The lowest BCUT2D eigenvalue weighted by molar-refractivity contribution is -0.200.